The molecule has 1 heterocycles. The molecule has 0 amide bonds. The van der Waals surface area contributed by atoms with Crippen molar-refractivity contribution < 1.29 is 4.39 Å². The molecular formula is C14H18ClFN2S. The Kier molecular flexibility index (Phi) is 4.41. The molecule has 0 aliphatic carbocycles. The number of halogens is 2. The standard InChI is InChI=1S/C14H18ClFN2S/c1-14(2,3)12-6-7-19-13(18-12)17-9-4-5-11(16)10(15)8-9/h4-5,8,12H,6-7H2,1-3H3,(H,17,18). The Labute approximate surface area is 122 Å². The number of amidine groups is 1. The van der Waals surface area contributed by atoms with Crippen molar-refractivity contribution in [1.29, 1.82) is 0 Å². The van der Waals surface area contributed by atoms with Crippen LogP contribution in [-0.4, -0.2) is 17.0 Å². The van der Waals surface area contributed by atoms with Crippen molar-refractivity contribution in [1.82, 2.24) is 0 Å². The van der Waals surface area contributed by atoms with E-state index in [-0.39, 0.29) is 10.4 Å². The smallest absolute Gasteiger partial charge is 0.161 e. The van der Waals surface area contributed by atoms with E-state index in [1.165, 1.54) is 6.07 Å². The molecule has 0 aromatic heterocycles. The molecule has 1 N–H and O–H groups in total. The lowest BCUT2D eigenvalue weighted by Gasteiger charge is -2.31. The van der Waals surface area contributed by atoms with Gasteiger partial charge in [0.2, 0.25) is 0 Å². The van der Waals surface area contributed by atoms with E-state index >= 15 is 0 Å². The van der Waals surface area contributed by atoms with Crippen LogP contribution >= 0.6 is 23.4 Å². The van der Waals surface area contributed by atoms with Crippen LogP contribution in [0, 0.1) is 11.2 Å². The molecule has 0 bridgehead atoms. The number of nitrogens with one attached hydrogen (secondary N) is 1. The van der Waals surface area contributed by atoms with Crippen molar-refractivity contribution in [3.8, 4) is 0 Å². The van der Waals surface area contributed by atoms with Gasteiger partial charge in [-0.15, -0.1) is 0 Å². The summed E-state index contributed by atoms with van der Waals surface area (Å²) in [5.41, 5.74) is 0.932. The number of anilines is 1. The first-order chi connectivity index (χ1) is 8.86. The Bertz CT molecular complexity index is 497. The molecular weight excluding hydrogens is 283 g/mol. The summed E-state index contributed by atoms with van der Waals surface area (Å²) in [6, 6.07) is 4.93. The van der Waals surface area contributed by atoms with Crippen LogP contribution in [0.25, 0.3) is 0 Å². The van der Waals surface area contributed by atoms with Gasteiger partial charge in [-0.2, -0.15) is 0 Å². The number of hydrogen-bond acceptors (Lipinski definition) is 3. The molecule has 2 rings (SSSR count). The normalized spacial score (nSPS) is 20.1. The second-order valence-electron chi connectivity index (χ2n) is 5.71. The van der Waals surface area contributed by atoms with Crippen LogP contribution in [0.15, 0.2) is 23.2 Å². The van der Waals surface area contributed by atoms with Gasteiger partial charge in [0.25, 0.3) is 0 Å². The number of rotatable bonds is 1. The van der Waals surface area contributed by atoms with Crippen molar-refractivity contribution in [2.75, 3.05) is 11.1 Å². The molecule has 5 heteroatoms. The highest BCUT2D eigenvalue weighted by Gasteiger charge is 2.27. The van der Waals surface area contributed by atoms with Gasteiger partial charge in [0.05, 0.1) is 11.1 Å². The topological polar surface area (TPSA) is 24.4 Å². The van der Waals surface area contributed by atoms with E-state index in [0.717, 1.165) is 23.0 Å². The lowest BCUT2D eigenvalue weighted by molar-refractivity contribution is 0.316. The molecule has 0 fully saturated rings. The quantitative estimate of drug-likeness (QED) is 0.805. The first kappa shape index (κ1) is 14.7. The molecule has 2 nitrogen and oxygen atoms in total. The van der Waals surface area contributed by atoms with E-state index < -0.39 is 5.82 Å². The van der Waals surface area contributed by atoms with E-state index in [2.05, 4.69) is 26.1 Å². The molecule has 1 aromatic carbocycles. The lowest BCUT2D eigenvalue weighted by Crippen LogP contribution is -2.30. The minimum absolute atomic E-state index is 0.124. The highest BCUT2D eigenvalue weighted by molar-refractivity contribution is 8.14. The molecule has 1 atom stereocenters. The maximum absolute atomic E-state index is 13.1. The molecule has 0 spiro atoms. The number of benzene rings is 1. The zero-order valence-electron chi connectivity index (χ0n) is 11.3. The van der Waals surface area contributed by atoms with E-state index in [0.29, 0.717) is 6.04 Å². The van der Waals surface area contributed by atoms with Gasteiger partial charge in [0.15, 0.2) is 5.17 Å². The molecule has 104 valence electrons. The Morgan fingerprint density at radius 1 is 1.42 bits per heavy atom. The van der Waals surface area contributed by atoms with Crippen LogP contribution in [0.3, 0.4) is 0 Å². The summed E-state index contributed by atoms with van der Waals surface area (Å²) in [5.74, 6) is 0.640. The Morgan fingerprint density at radius 2 is 2.16 bits per heavy atom. The van der Waals surface area contributed by atoms with Gasteiger partial charge < -0.3 is 5.32 Å². The summed E-state index contributed by atoms with van der Waals surface area (Å²) in [7, 11) is 0. The fourth-order valence-corrected chi connectivity index (χ4v) is 3.01. The number of thioether (sulfide) groups is 1. The monoisotopic (exact) mass is 300 g/mol. The molecule has 1 aliphatic rings. The molecule has 0 saturated heterocycles. The lowest BCUT2D eigenvalue weighted by atomic mass is 9.85. The predicted molar refractivity (Wildman–Crippen MR) is 82.8 cm³/mol. The highest BCUT2D eigenvalue weighted by atomic mass is 35.5. The van der Waals surface area contributed by atoms with Crippen LogP contribution in [0.2, 0.25) is 5.02 Å². The SMILES string of the molecule is CC(C)(C)C1CCSC(Nc2ccc(F)c(Cl)c2)=N1. The Morgan fingerprint density at radius 3 is 2.79 bits per heavy atom. The number of nitrogens with zero attached hydrogens (tertiary/aromatic N) is 1. The maximum atomic E-state index is 13.1. The second kappa shape index (κ2) is 5.71. The third kappa shape index (κ3) is 3.86. The van der Waals surface area contributed by atoms with Gasteiger partial charge >= 0.3 is 0 Å². The van der Waals surface area contributed by atoms with Gasteiger partial charge in [-0.3, -0.25) is 4.99 Å². The summed E-state index contributed by atoms with van der Waals surface area (Å²) < 4.78 is 13.1. The maximum Gasteiger partial charge on any atom is 0.161 e. The summed E-state index contributed by atoms with van der Waals surface area (Å²) in [5, 5.41) is 4.22. The predicted octanol–water partition coefficient (Wildman–Crippen LogP) is 4.80. The van der Waals surface area contributed by atoms with Crippen molar-refractivity contribution in [3.05, 3.63) is 29.0 Å². The first-order valence-corrected chi connectivity index (χ1v) is 7.65. The molecule has 1 aromatic rings. The van der Waals surface area contributed by atoms with Crippen LogP contribution in [0.4, 0.5) is 10.1 Å². The van der Waals surface area contributed by atoms with E-state index in [1.807, 2.05) is 0 Å². The molecule has 1 unspecified atom stereocenters. The summed E-state index contributed by atoms with van der Waals surface area (Å²) >= 11 is 7.46. The average molecular weight is 301 g/mol. The van der Waals surface area contributed by atoms with Crippen molar-refractivity contribution in [2.24, 2.45) is 10.4 Å². The number of aliphatic imine (C=N–C) groups is 1. The zero-order chi connectivity index (χ0) is 14.0. The largest absolute Gasteiger partial charge is 0.335 e. The summed E-state index contributed by atoms with van der Waals surface area (Å²) in [4.78, 5) is 4.73. The van der Waals surface area contributed by atoms with Crippen LogP contribution < -0.4 is 5.32 Å². The van der Waals surface area contributed by atoms with Crippen LogP contribution in [0.1, 0.15) is 27.2 Å². The third-order valence-electron chi connectivity index (χ3n) is 3.07. The van der Waals surface area contributed by atoms with Gasteiger partial charge in [0.1, 0.15) is 5.82 Å². The summed E-state index contributed by atoms with van der Waals surface area (Å²) in [6.07, 6.45) is 1.09. The summed E-state index contributed by atoms with van der Waals surface area (Å²) in [6.45, 7) is 6.59. The third-order valence-corrected chi connectivity index (χ3v) is 4.28. The highest BCUT2D eigenvalue weighted by Crippen LogP contribution is 2.31. The average Bonchev–Trinajstić information content (AvgIpc) is 2.33. The van der Waals surface area contributed by atoms with E-state index in [1.54, 1.807) is 23.9 Å². The Hall–Kier alpha value is -0.740. The van der Waals surface area contributed by atoms with Crippen LogP contribution in [-0.2, 0) is 0 Å². The van der Waals surface area contributed by atoms with Gasteiger partial charge in [-0.05, 0) is 30.0 Å². The van der Waals surface area contributed by atoms with Gasteiger partial charge in [0, 0.05) is 11.4 Å². The van der Waals surface area contributed by atoms with Gasteiger partial charge in [-0.1, -0.05) is 44.1 Å². The van der Waals surface area contributed by atoms with Crippen molar-refractivity contribution in [2.45, 2.75) is 33.2 Å². The van der Waals surface area contributed by atoms with Crippen LogP contribution in [0.5, 0.6) is 0 Å². The molecule has 0 radical (unpaired) electrons. The van der Waals surface area contributed by atoms with E-state index in [9.17, 15) is 4.39 Å². The molecule has 19 heavy (non-hydrogen) atoms. The second-order valence-corrected chi connectivity index (χ2v) is 7.20. The fourth-order valence-electron chi connectivity index (χ4n) is 1.90. The zero-order valence-corrected chi connectivity index (χ0v) is 12.9. The van der Waals surface area contributed by atoms with E-state index in [4.69, 9.17) is 16.6 Å². The van der Waals surface area contributed by atoms with Crippen molar-refractivity contribution >= 4 is 34.2 Å². The minimum atomic E-state index is -0.405. The van der Waals surface area contributed by atoms with Gasteiger partial charge in [-0.25, -0.2) is 4.39 Å². The Balaban J connectivity index is 2.14. The molecule has 0 saturated carbocycles. The first-order valence-electron chi connectivity index (χ1n) is 6.29. The molecule has 1 aliphatic heterocycles. The minimum Gasteiger partial charge on any atom is -0.335 e. The van der Waals surface area contributed by atoms with Crippen molar-refractivity contribution in [3.63, 3.8) is 0 Å². The fraction of sp³-hybridized carbons (Fsp3) is 0.500. The number of hydrogen-bond donors (Lipinski definition) is 1.